The van der Waals surface area contributed by atoms with Crippen LogP contribution in [0.4, 0.5) is 4.39 Å². The highest BCUT2D eigenvalue weighted by Gasteiger charge is 2.14. The molecule has 14 heavy (non-hydrogen) atoms. The van der Waals surface area contributed by atoms with E-state index >= 15 is 0 Å². The van der Waals surface area contributed by atoms with E-state index in [0.717, 1.165) is 0 Å². The summed E-state index contributed by atoms with van der Waals surface area (Å²) in [6.07, 6.45) is 0. The zero-order valence-corrected chi connectivity index (χ0v) is 9.52. The Morgan fingerprint density at radius 2 is 2.21 bits per heavy atom. The highest BCUT2D eigenvalue weighted by atomic mass is 79.9. The Morgan fingerprint density at radius 3 is 2.71 bits per heavy atom. The van der Waals surface area contributed by atoms with E-state index in [2.05, 4.69) is 20.7 Å². The summed E-state index contributed by atoms with van der Waals surface area (Å²) in [4.78, 5) is 11.2. The van der Waals surface area contributed by atoms with Gasteiger partial charge in [-0.15, -0.1) is 0 Å². The van der Waals surface area contributed by atoms with Gasteiger partial charge in [-0.05, 0) is 24.1 Å². The maximum atomic E-state index is 13.5. The molecule has 4 heteroatoms. The molecule has 0 radical (unpaired) electrons. The predicted octanol–water partition coefficient (Wildman–Crippen LogP) is 2.82. The lowest BCUT2D eigenvalue weighted by Gasteiger charge is -2.07. The first-order valence-electron chi connectivity index (χ1n) is 4.04. The first kappa shape index (κ1) is 11.2. The van der Waals surface area contributed by atoms with Crippen LogP contribution in [0.5, 0.6) is 0 Å². The van der Waals surface area contributed by atoms with Crippen LogP contribution in [0.15, 0.2) is 12.1 Å². The fraction of sp³-hybridized carbons (Fsp3) is 0.300. The van der Waals surface area contributed by atoms with Crippen molar-refractivity contribution in [2.24, 2.45) is 0 Å². The standard InChI is InChI=1S/C10H10BrFO2/c1-6-8(10(13)14-2)4-3-7(5-11)9(6)12/h3-4H,5H2,1-2H3. The lowest BCUT2D eigenvalue weighted by Crippen LogP contribution is -2.06. The molecule has 0 aliphatic heterocycles. The van der Waals surface area contributed by atoms with E-state index in [1.54, 1.807) is 19.1 Å². The highest BCUT2D eigenvalue weighted by molar-refractivity contribution is 9.08. The van der Waals surface area contributed by atoms with Gasteiger partial charge < -0.3 is 4.74 Å². The van der Waals surface area contributed by atoms with Gasteiger partial charge in [-0.25, -0.2) is 9.18 Å². The Morgan fingerprint density at radius 1 is 1.57 bits per heavy atom. The Hall–Kier alpha value is -0.900. The van der Waals surface area contributed by atoms with Crippen molar-refractivity contribution < 1.29 is 13.9 Å². The largest absolute Gasteiger partial charge is 0.465 e. The normalized spacial score (nSPS) is 10.0. The van der Waals surface area contributed by atoms with E-state index in [1.807, 2.05) is 0 Å². The number of esters is 1. The zero-order valence-electron chi connectivity index (χ0n) is 7.93. The highest BCUT2D eigenvalue weighted by Crippen LogP contribution is 2.19. The molecule has 0 fully saturated rings. The minimum atomic E-state index is -0.512. The zero-order chi connectivity index (χ0) is 10.7. The number of hydrogen-bond acceptors (Lipinski definition) is 2. The van der Waals surface area contributed by atoms with Crippen LogP contribution in [0.1, 0.15) is 21.5 Å². The minimum absolute atomic E-state index is 0.273. The van der Waals surface area contributed by atoms with Crippen molar-refractivity contribution in [3.63, 3.8) is 0 Å². The first-order chi connectivity index (χ1) is 6.61. The first-order valence-corrected chi connectivity index (χ1v) is 5.16. The van der Waals surface area contributed by atoms with Crippen LogP contribution in [0.3, 0.4) is 0 Å². The third-order valence-electron chi connectivity index (χ3n) is 2.02. The van der Waals surface area contributed by atoms with Gasteiger partial charge in [0.05, 0.1) is 12.7 Å². The Bertz CT molecular complexity index is 363. The third kappa shape index (κ3) is 1.95. The third-order valence-corrected chi connectivity index (χ3v) is 2.62. The van der Waals surface area contributed by atoms with Gasteiger partial charge in [0.25, 0.3) is 0 Å². The molecule has 76 valence electrons. The van der Waals surface area contributed by atoms with Crippen LogP contribution in [-0.4, -0.2) is 13.1 Å². The lowest BCUT2D eigenvalue weighted by molar-refractivity contribution is 0.0599. The molecule has 0 saturated carbocycles. The molecule has 1 aromatic rings. The number of rotatable bonds is 2. The van der Waals surface area contributed by atoms with Crippen LogP contribution in [-0.2, 0) is 10.1 Å². The molecule has 0 bridgehead atoms. The number of carbonyl (C=O) groups is 1. The summed E-state index contributed by atoms with van der Waals surface area (Å²) in [5, 5.41) is 0.432. The lowest BCUT2D eigenvalue weighted by atomic mass is 10.1. The van der Waals surface area contributed by atoms with Crippen molar-refractivity contribution in [1.29, 1.82) is 0 Å². The van der Waals surface area contributed by atoms with Crippen molar-refractivity contribution in [3.05, 3.63) is 34.6 Å². The predicted molar refractivity (Wildman–Crippen MR) is 55.1 cm³/mol. The van der Waals surface area contributed by atoms with Crippen molar-refractivity contribution in [3.8, 4) is 0 Å². The molecule has 2 nitrogen and oxygen atoms in total. The number of benzene rings is 1. The monoisotopic (exact) mass is 260 g/mol. The molecule has 0 aliphatic rings. The van der Waals surface area contributed by atoms with E-state index in [9.17, 15) is 9.18 Å². The SMILES string of the molecule is COC(=O)c1ccc(CBr)c(F)c1C. The van der Waals surface area contributed by atoms with Gasteiger partial charge in [0.1, 0.15) is 5.82 Å². The maximum absolute atomic E-state index is 13.5. The Kier molecular flexibility index (Phi) is 3.63. The molecule has 0 aliphatic carbocycles. The van der Waals surface area contributed by atoms with Gasteiger partial charge in [0.2, 0.25) is 0 Å². The molecular weight excluding hydrogens is 251 g/mol. The van der Waals surface area contributed by atoms with Crippen molar-refractivity contribution in [2.75, 3.05) is 7.11 Å². The van der Waals surface area contributed by atoms with Crippen LogP contribution in [0.2, 0.25) is 0 Å². The summed E-state index contributed by atoms with van der Waals surface area (Å²) in [6, 6.07) is 3.14. The van der Waals surface area contributed by atoms with Crippen molar-refractivity contribution in [2.45, 2.75) is 12.3 Å². The van der Waals surface area contributed by atoms with E-state index in [4.69, 9.17) is 0 Å². The number of alkyl halides is 1. The summed E-state index contributed by atoms with van der Waals surface area (Å²) >= 11 is 3.16. The summed E-state index contributed by atoms with van der Waals surface area (Å²) in [5.41, 5.74) is 1.14. The molecular formula is C10H10BrFO2. The van der Waals surface area contributed by atoms with Crippen LogP contribution in [0.25, 0.3) is 0 Å². The summed E-state index contributed by atoms with van der Waals surface area (Å²) in [7, 11) is 1.28. The van der Waals surface area contributed by atoms with Crippen LogP contribution < -0.4 is 0 Å². The molecule has 0 N–H and O–H groups in total. The van der Waals surface area contributed by atoms with E-state index in [-0.39, 0.29) is 11.4 Å². The van der Waals surface area contributed by atoms with Gasteiger partial charge in [-0.1, -0.05) is 22.0 Å². The minimum Gasteiger partial charge on any atom is -0.465 e. The van der Waals surface area contributed by atoms with Crippen LogP contribution in [0, 0.1) is 12.7 Å². The maximum Gasteiger partial charge on any atom is 0.338 e. The average molecular weight is 261 g/mol. The Labute approximate surface area is 90.2 Å². The van der Waals surface area contributed by atoms with Crippen LogP contribution >= 0.6 is 15.9 Å². The molecule has 0 heterocycles. The number of carbonyl (C=O) groups excluding carboxylic acids is 1. The van der Waals surface area contributed by atoms with Gasteiger partial charge in [0, 0.05) is 5.33 Å². The second-order valence-electron chi connectivity index (χ2n) is 2.84. The molecule has 0 spiro atoms. The summed E-state index contributed by atoms with van der Waals surface area (Å²) in [5.74, 6) is -0.868. The van der Waals surface area contributed by atoms with E-state index < -0.39 is 5.97 Å². The smallest absolute Gasteiger partial charge is 0.338 e. The molecule has 0 unspecified atom stereocenters. The van der Waals surface area contributed by atoms with E-state index in [1.165, 1.54) is 7.11 Å². The second-order valence-corrected chi connectivity index (χ2v) is 3.40. The quantitative estimate of drug-likeness (QED) is 0.604. The molecule has 0 aromatic heterocycles. The summed E-state index contributed by atoms with van der Waals surface area (Å²) < 4.78 is 18.0. The number of halogens is 2. The van der Waals surface area contributed by atoms with E-state index in [0.29, 0.717) is 16.5 Å². The topological polar surface area (TPSA) is 26.3 Å². The van der Waals surface area contributed by atoms with Gasteiger partial charge in [-0.3, -0.25) is 0 Å². The van der Waals surface area contributed by atoms with Gasteiger partial charge in [0.15, 0.2) is 0 Å². The molecule has 0 saturated heterocycles. The number of ether oxygens (including phenoxy) is 1. The number of methoxy groups -OCH3 is 1. The van der Waals surface area contributed by atoms with Gasteiger partial charge in [-0.2, -0.15) is 0 Å². The number of hydrogen-bond donors (Lipinski definition) is 0. The molecule has 1 aromatic carbocycles. The summed E-state index contributed by atoms with van der Waals surface area (Å²) in [6.45, 7) is 1.56. The fourth-order valence-corrected chi connectivity index (χ4v) is 1.61. The molecule has 0 atom stereocenters. The molecule has 1 rings (SSSR count). The average Bonchev–Trinajstić information content (AvgIpc) is 2.21. The van der Waals surface area contributed by atoms with Gasteiger partial charge >= 0.3 is 5.97 Å². The fourth-order valence-electron chi connectivity index (χ4n) is 1.18. The Balaban J connectivity index is 3.24. The second kappa shape index (κ2) is 4.55. The van der Waals surface area contributed by atoms with Crippen molar-refractivity contribution in [1.82, 2.24) is 0 Å². The van der Waals surface area contributed by atoms with Crippen molar-refractivity contribution >= 4 is 21.9 Å². The molecule has 0 amide bonds.